The maximum absolute atomic E-state index is 13.6. The second kappa shape index (κ2) is 14.8. The zero-order valence-electron chi connectivity index (χ0n) is 25.4. The van der Waals surface area contributed by atoms with Crippen LogP contribution in [-0.4, -0.2) is 73.0 Å². The molecule has 17 nitrogen and oxygen atoms in total. The molecule has 1 aliphatic heterocycles. The van der Waals surface area contributed by atoms with Crippen molar-refractivity contribution in [1.82, 2.24) is 14.0 Å². The molecule has 19 heteroatoms. The second-order valence-corrected chi connectivity index (χ2v) is 14.2. The van der Waals surface area contributed by atoms with Crippen molar-refractivity contribution in [1.29, 1.82) is 0 Å². The minimum Gasteiger partial charge on any atom is -0.497 e. The van der Waals surface area contributed by atoms with Crippen LogP contribution in [0.25, 0.3) is 16.9 Å². The lowest BCUT2D eigenvalue weighted by Crippen LogP contribution is -2.32. The van der Waals surface area contributed by atoms with E-state index in [1.54, 1.807) is 60.8 Å². The first-order valence-electron chi connectivity index (χ1n) is 14.5. The number of carbonyl (C=O) groups is 2. The smallest absolute Gasteiger partial charge is 0.479 e. The Morgan fingerprint density at radius 2 is 1.88 bits per heavy atom. The van der Waals surface area contributed by atoms with E-state index in [9.17, 15) is 33.3 Å². The van der Waals surface area contributed by atoms with Gasteiger partial charge < -0.3 is 29.1 Å². The van der Waals surface area contributed by atoms with E-state index in [-0.39, 0.29) is 12.8 Å². The molecule has 2 aromatic carbocycles. The van der Waals surface area contributed by atoms with Crippen molar-refractivity contribution in [2.24, 2.45) is 0 Å². The number of hydrogen-bond donors (Lipinski definition) is 4. The average molecular weight is 707 g/mol. The van der Waals surface area contributed by atoms with Crippen molar-refractivity contribution in [3.05, 3.63) is 83.5 Å². The molecular formula is C29H32N4O13P2. The van der Waals surface area contributed by atoms with Crippen LogP contribution in [0.3, 0.4) is 0 Å². The van der Waals surface area contributed by atoms with Crippen LogP contribution in [0, 0.1) is 0 Å². The topological polar surface area (TPSA) is 226 Å². The standard InChI is InChI=1S/C29H32N4O13P2/c1-42-21-10-5-7-19(15-21)22-17-33-25(31-22)12-13-32(29(33)37)26-16-23(45-28(36)30-20-8-3-2-4-9-20)24(44-26)18-43-48(40,41)46-47(38,39)14-6-11-27(34)35/h2-5,7-10,12-13,15,17,23-24,26H,6,11,14,16,18H2,1H3,(H,30,36)(H,34,35)(H,38,39)(H,40,41)/t23?,24-,26-/m1/s1. The van der Waals surface area contributed by atoms with E-state index in [1.807, 2.05) is 6.07 Å². The molecule has 256 valence electrons. The minimum absolute atomic E-state index is 0.0939. The van der Waals surface area contributed by atoms with E-state index < -0.39 is 70.8 Å². The van der Waals surface area contributed by atoms with Crippen LogP contribution in [0.5, 0.6) is 5.75 Å². The van der Waals surface area contributed by atoms with E-state index in [1.165, 1.54) is 22.3 Å². The van der Waals surface area contributed by atoms with Gasteiger partial charge in [-0.2, -0.15) is 0 Å². The summed E-state index contributed by atoms with van der Waals surface area (Å²) in [7, 11) is -8.39. The molecule has 4 aromatic rings. The molecule has 0 radical (unpaired) electrons. The van der Waals surface area contributed by atoms with Gasteiger partial charge in [0.05, 0.1) is 25.6 Å². The highest BCUT2D eigenvalue weighted by Gasteiger charge is 2.42. The first-order valence-corrected chi connectivity index (χ1v) is 17.7. The maximum atomic E-state index is 13.6. The van der Waals surface area contributed by atoms with Crippen LogP contribution in [-0.2, 0) is 32.2 Å². The summed E-state index contributed by atoms with van der Waals surface area (Å²) in [4.78, 5) is 61.7. The highest BCUT2D eigenvalue weighted by molar-refractivity contribution is 7.64. The van der Waals surface area contributed by atoms with Gasteiger partial charge in [-0.3, -0.25) is 28.2 Å². The number of aromatic nitrogens is 3. The van der Waals surface area contributed by atoms with Crippen LogP contribution >= 0.6 is 15.4 Å². The Kier molecular flexibility index (Phi) is 10.8. The number of fused-ring (bicyclic) bond motifs is 1. The van der Waals surface area contributed by atoms with Gasteiger partial charge in [0.25, 0.3) is 0 Å². The number of imidazole rings is 1. The minimum atomic E-state index is -5.20. The number of ether oxygens (including phenoxy) is 3. The SMILES string of the molecule is COc1cccc(-c2cn3c(=O)n([C@H]4CC(OC(=O)Nc5ccccc5)[C@@H](COP(=O)(O)OP(=O)(O)CCCC(=O)O)O4)ccc3n2)c1. The number of nitrogens with one attached hydrogen (secondary N) is 1. The lowest BCUT2D eigenvalue weighted by atomic mass is 10.1. The van der Waals surface area contributed by atoms with Crippen molar-refractivity contribution >= 4 is 38.8 Å². The van der Waals surface area contributed by atoms with Crippen molar-refractivity contribution in [2.45, 2.75) is 37.7 Å². The molecule has 1 amide bonds. The van der Waals surface area contributed by atoms with Gasteiger partial charge in [0.1, 0.15) is 29.8 Å². The van der Waals surface area contributed by atoms with Gasteiger partial charge in [0.2, 0.25) is 0 Å². The number of nitrogens with zero attached hydrogens (tertiary/aromatic N) is 3. The third-order valence-corrected chi connectivity index (χ3v) is 10.3. The lowest BCUT2D eigenvalue weighted by molar-refractivity contribution is -0.137. The summed E-state index contributed by atoms with van der Waals surface area (Å²) in [6.45, 7) is -0.759. The summed E-state index contributed by atoms with van der Waals surface area (Å²) in [5, 5.41) is 11.3. The van der Waals surface area contributed by atoms with Crippen molar-refractivity contribution in [2.75, 3.05) is 25.2 Å². The van der Waals surface area contributed by atoms with Crippen LogP contribution in [0.1, 0.15) is 25.5 Å². The van der Waals surface area contributed by atoms with Gasteiger partial charge in [0, 0.05) is 36.5 Å². The van der Waals surface area contributed by atoms with Gasteiger partial charge in [-0.05, 0) is 36.8 Å². The Balaban J connectivity index is 1.34. The predicted molar refractivity (Wildman–Crippen MR) is 169 cm³/mol. The van der Waals surface area contributed by atoms with E-state index in [2.05, 4.69) is 14.6 Å². The van der Waals surface area contributed by atoms with E-state index >= 15 is 0 Å². The van der Waals surface area contributed by atoms with Crippen molar-refractivity contribution < 1.29 is 56.7 Å². The molecule has 5 atom stereocenters. The Labute approximate surface area is 272 Å². The molecule has 1 saturated heterocycles. The number of aliphatic carboxylic acids is 1. The molecule has 1 aliphatic rings. The predicted octanol–water partition coefficient (Wildman–Crippen LogP) is 4.26. The Hall–Kier alpha value is -4.34. The zero-order valence-corrected chi connectivity index (χ0v) is 27.1. The molecule has 0 bridgehead atoms. The van der Waals surface area contributed by atoms with E-state index in [0.717, 1.165) is 0 Å². The number of benzene rings is 2. The summed E-state index contributed by atoms with van der Waals surface area (Å²) in [5.74, 6) is -0.618. The number of para-hydroxylation sites is 1. The number of anilines is 1. The van der Waals surface area contributed by atoms with Crippen LogP contribution in [0.4, 0.5) is 10.5 Å². The van der Waals surface area contributed by atoms with Gasteiger partial charge in [-0.25, -0.2) is 23.4 Å². The molecule has 3 unspecified atom stereocenters. The fourth-order valence-corrected chi connectivity index (χ4v) is 7.61. The molecule has 0 saturated carbocycles. The number of phosphoric acid groups is 1. The summed E-state index contributed by atoms with van der Waals surface area (Å²) in [5.41, 5.74) is 1.43. The second-order valence-electron chi connectivity index (χ2n) is 10.6. The summed E-state index contributed by atoms with van der Waals surface area (Å²) in [6, 6.07) is 17.1. The summed E-state index contributed by atoms with van der Waals surface area (Å²) >= 11 is 0. The molecular weight excluding hydrogens is 674 g/mol. The molecule has 5 rings (SSSR count). The number of phosphoric ester groups is 1. The molecule has 3 heterocycles. The van der Waals surface area contributed by atoms with Gasteiger partial charge in [-0.15, -0.1) is 0 Å². The van der Waals surface area contributed by atoms with Gasteiger partial charge in [-0.1, -0.05) is 30.3 Å². The molecule has 4 N–H and O–H groups in total. The average Bonchev–Trinajstić information content (AvgIpc) is 3.65. The van der Waals surface area contributed by atoms with E-state index in [0.29, 0.717) is 28.3 Å². The first kappa shape index (κ1) is 35.0. The molecule has 2 aromatic heterocycles. The van der Waals surface area contributed by atoms with Gasteiger partial charge in [0.15, 0.2) is 0 Å². The third-order valence-electron chi connectivity index (χ3n) is 7.14. The fourth-order valence-electron chi connectivity index (χ4n) is 4.92. The number of hydrogen-bond acceptors (Lipinski definition) is 11. The van der Waals surface area contributed by atoms with Crippen LogP contribution < -0.4 is 15.7 Å². The normalized spacial score (nSPS) is 20.1. The van der Waals surface area contributed by atoms with Crippen molar-refractivity contribution in [3.8, 4) is 17.0 Å². The first-order chi connectivity index (χ1) is 22.8. The largest absolute Gasteiger partial charge is 0.497 e. The summed E-state index contributed by atoms with van der Waals surface area (Å²) < 4.78 is 53.6. The van der Waals surface area contributed by atoms with Crippen LogP contribution in [0.15, 0.2) is 77.9 Å². The molecule has 1 fully saturated rings. The van der Waals surface area contributed by atoms with Gasteiger partial charge >= 0.3 is 33.2 Å². The quantitative estimate of drug-likeness (QED) is 0.134. The number of rotatable bonds is 14. The highest BCUT2D eigenvalue weighted by atomic mass is 31.3. The third kappa shape index (κ3) is 8.96. The fraction of sp³-hybridized carbons (Fsp3) is 0.310. The zero-order chi connectivity index (χ0) is 34.5. The number of carboxylic acid groups (broad SMARTS) is 1. The molecule has 0 spiro atoms. The molecule has 0 aliphatic carbocycles. The Morgan fingerprint density at radius 1 is 1.10 bits per heavy atom. The van der Waals surface area contributed by atoms with Crippen molar-refractivity contribution in [3.63, 3.8) is 0 Å². The van der Waals surface area contributed by atoms with Crippen LogP contribution in [0.2, 0.25) is 0 Å². The van der Waals surface area contributed by atoms with E-state index in [4.69, 9.17) is 23.8 Å². The Bertz CT molecular complexity index is 1930. The number of methoxy groups -OCH3 is 1. The maximum Gasteiger partial charge on any atom is 0.479 e. The summed E-state index contributed by atoms with van der Waals surface area (Å²) in [6.07, 6.45) is -2.89. The highest BCUT2D eigenvalue weighted by Crippen LogP contribution is 2.60. The number of carboxylic acids is 1. The monoisotopic (exact) mass is 706 g/mol. The lowest BCUT2D eigenvalue weighted by Gasteiger charge is -2.21. The molecule has 48 heavy (non-hydrogen) atoms. The number of carbonyl (C=O) groups excluding carboxylic acids is 1. The number of amides is 1. The Morgan fingerprint density at radius 3 is 2.60 bits per heavy atom.